The predicted octanol–water partition coefficient (Wildman–Crippen LogP) is 4.76. The lowest BCUT2D eigenvalue weighted by atomic mass is 10.1. The van der Waals surface area contributed by atoms with Gasteiger partial charge in [0.15, 0.2) is 5.58 Å². The molecule has 0 aliphatic rings. The SMILES string of the molecule is Cc1cc(C)cc(C(=O)Nc2ccc3oc(-c4cccnc4)nc3c2)c1. The third-order valence-corrected chi connectivity index (χ3v) is 4.04. The molecule has 0 saturated heterocycles. The fourth-order valence-corrected chi connectivity index (χ4v) is 2.93. The lowest BCUT2D eigenvalue weighted by Gasteiger charge is -2.07. The van der Waals surface area contributed by atoms with Crippen molar-refractivity contribution in [3.63, 3.8) is 0 Å². The van der Waals surface area contributed by atoms with Crippen molar-refractivity contribution in [2.24, 2.45) is 0 Å². The molecule has 2 aromatic carbocycles. The number of nitrogens with one attached hydrogen (secondary N) is 1. The Labute approximate surface area is 150 Å². The van der Waals surface area contributed by atoms with Gasteiger partial charge in [-0.1, -0.05) is 17.2 Å². The molecule has 128 valence electrons. The van der Waals surface area contributed by atoms with Gasteiger partial charge in [0.05, 0.1) is 5.56 Å². The Hall–Kier alpha value is -3.47. The number of hydrogen-bond acceptors (Lipinski definition) is 4. The molecule has 0 aliphatic heterocycles. The third-order valence-electron chi connectivity index (χ3n) is 4.04. The van der Waals surface area contributed by atoms with E-state index >= 15 is 0 Å². The van der Waals surface area contributed by atoms with Gasteiger partial charge < -0.3 is 9.73 Å². The smallest absolute Gasteiger partial charge is 0.255 e. The average Bonchev–Trinajstić information content (AvgIpc) is 3.05. The first-order valence-electron chi connectivity index (χ1n) is 8.29. The molecule has 2 heterocycles. The van der Waals surface area contributed by atoms with Crippen molar-refractivity contribution in [2.75, 3.05) is 5.32 Å². The molecule has 0 aliphatic carbocycles. The van der Waals surface area contributed by atoms with Crippen LogP contribution in [0.4, 0.5) is 5.69 Å². The van der Waals surface area contributed by atoms with Gasteiger partial charge >= 0.3 is 0 Å². The van der Waals surface area contributed by atoms with E-state index in [1.165, 1.54) is 0 Å². The summed E-state index contributed by atoms with van der Waals surface area (Å²) >= 11 is 0. The van der Waals surface area contributed by atoms with Gasteiger partial charge in [-0.25, -0.2) is 4.98 Å². The first-order valence-corrected chi connectivity index (χ1v) is 8.29. The maximum Gasteiger partial charge on any atom is 0.255 e. The van der Waals surface area contributed by atoms with Crippen molar-refractivity contribution < 1.29 is 9.21 Å². The van der Waals surface area contributed by atoms with Crippen LogP contribution in [0.3, 0.4) is 0 Å². The summed E-state index contributed by atoms with van der Waals surface area (Å²) in [6.07, 6.45) is 3.40. The number of aromatic nitrogens is 2. The summed E-state index contributed by atoms with van der Waals surface area (Å²) in [5.74, 6) is 0.359. The number of rotatable bonds is 3. The fraction of sp³-hybridized carbons (Fsp3) is 0.0952. The molecule has 0 saturated carbocycles. The Kier molecular flexibility index (Phi) is 3.97. The zero-order chi connectivity index (χ0) is 18.1. The zero-order valence-electron chi connectivity index (χ0n) is 14.5. The molecule has 4 rings (SSSR count). The highest BCUT2D eigenvalue weighted by Crippen LogP contribution is 2.26. The highest BCUT2D eigenvalue weighted by Gasteiger charge is 2.11. The Balaban J connectivity index is 1.62. The predicted molar refractivity (Wildman–Crippen MR) is 101 cm³/mol. The molecule has 1 amide bonds. The van der Waals surface area contributed by atoms with E-state index in [0.29, 0.717) is 28.2 Å². The molecule has 0 unspecified atom stereocenters. The molecule has 2 aromatic heterocycles. The van der Waals surface area contributed by atoms with Crippen LogP contribution in [-0.2, 0) is 0 Å². The largest absolute Gasteiger partial charge is 0.436 e. The summed E-state index contributed by atoms with van der Waals surface area (Å²) in [7, 11) is 0. The van der Waals surface area contributed by atoms with Crippen LogP contribution < -0.4 is 5.32 Å². The number of benzene rings is 2. The molecule has 0 fully saturated rings. The first-order chi connectivity index (χ1) is 12.6. The summed E-state index contributed by atoms with van der Waals surface area (Å²) in [6, 6.07) is 14.9. The van der Waals surface area contributed by atoms with Crippen LogP contribution in [0.5, 0.6) is 0 Å². The van der Waals surface area contributed by atoms with Crippen LogP contribution in [0, 0.1) is 13.8 Å². The van der Waals surface area contributed by atoms with E-state index in [-0.39, 0.29) is 5.91 Å². The molecule has 4 aromatic rings. The minimum Gasteiger partial charge on any atom is -0.436 e. The Morgan fingerprint density at radius 2 is 1.85 bits per heavy atom. The maximum absolute atomic E-state index is 12.5. The molecular weight excluding hydrogens is 326 g/mol. The van der Waals surface area contributed by atoms with E-state index in [0.717, 1.165) is 16.7 Å². The lowest BCUT2D eigenvalue weighted by molar-refractivity contribution is 0.102. The summed E-state index contributed by atoms with van der Waals surface area (Å²) in [5, 5.41) is 2.92. The Morgan fingerprint density at radius 3 is 2.58 bits per heavy atom. The Morgan fingerprint density at radius 1 is 1.04 bits per heavy atom. The van der Waals surface area contributed by atoms with E-state index in [2.05, 4.69) is 15.3 Å². The second-order valence-electron chi connectivity index (χ2n) is 6.27. The molecule has 0 bridgehead atoms. The van der Waals surface area contributed by atoms with Crippen molar-refractivity contribution >= 4 is 22.7 Å². The number of amides is 1. The van der Waals surface area contributed by atoms with E-state index < -0.39 is 0 Å². The molecule has 5 heteroatoms. The van der Waals surface area contributed by atoms with Crippen LogP contribution in [0.2, 0.25) is 0 Å². The van der Waals surface area contributed by atoms with E-state index in [1.807, 2.05) is 44.2 Å². The first kappa shape index (κ1) is 16.0. The fourth-order valence-electron chi connectivity index (χ4n) is 2.93. The molecule has 26 heavy (non-hydrogen) atoms. The summed E-state index contributed by atoms with van der Waals surface area (Å²) in [5.41, 5.74) is 5.58. The number of oxazole rings is 1. The molecule has 0 atom stereocenters. The topological polar surface area (TPSA) is 68.0 Å². The number of carbonyl (C=O) groups excluding carboxylic acids is 1. The van der Waals surface area contributed by atoms with Crippen LogP contribution >= 0.6 is 0 Å². The molecule has 0 spiro atoms. The average molecular weight is 343 g/mol. The molecule has 1 N–H and O–H groups in total. The highest BCUT2D eigenvalue weighted by atomic mass is 16.3. The number of aryl methyl sites for hydroxylation is 2. The van der Waals surface area contributed by atoms with Crippen LogP contribution in [-0.4, -0.2) is 15.9 Å². The number of carbonyl (C=O) groups is 1. The summed E-state index contributed by atoms with van der Waals surface area (Å²) in [6.45, 7) is 3.95. The number of fused-ring (bicyclic) bond motifs is 1. The molecular formula is C21H17N3O2. The second kappa shape index (κ2) is 6.44. The van der Waals surface area contributed by atoms with Gasteiger partial charge in [0.1, 0.15) is 5.52 Å². The third kappa shape index (κ3) is 3.19. The van der Waals surface area contributed by atoms with Gasteiger partial charge in [0, 0.05) is 23.6 Å². The van der Waals surface area contributed by atoms with Crippen molar-refractivity contribution in [1.82, 2.24) is 9.97 Å². The minimum atomic E-state index is -0.146. The van der Waals surface area contributed by atoms with Gasteiger partial charge in [-0.2, -0.15) is 0 Å². The van der Waals surface area contributed by atoms with Crippen molar-refractivity contribution in [1.29, 1.82) is 0 Å². The summed E-state index contributed by atoms with van der Waals surface area (Å²) in [4.78, 5) is 21.1. The van der Waals surface area contributed by atoms with Crippen molar-refractivity contribution in [3.05, 3.63) is 77.6 Å². The van der Waals surface area contributed by atoms with Crippen molar-refractivity contribution in [3.8, 4) is 11.5 Å². The van der Waals surface area contributed by atoms with Crippen molar-refractivity contribution in [2.45, 2.75) is 13.8 Å². The van der Waals surface area contributed by atoms with Gasteiger partial charge in [0.2, 0.25) is 5.89 Å². The summed E-state index contributed by atoms with van der Waals surface area (Å²) < 4.78 is 5.77. The quantitative estimate of drug-likeness (QED) is 0.582. The van der Waals surface area contributed by atoms with E-state index in [9.17, 15) is 4.79 Å². The van der Waals surface area contributed by atoms with Gasteiger partial charge in [-0.3, -0.25) is 9.78 Å². The molecule has 5 nitrogen and oxygen atoms in total. The second-order valence-corrected chi connectivity index (χ2v) is 6.27. The monoisotopic (exact) mass is 343 g/mol. The van der Waals surface area contributed by atoms with Crippen LogP contribution in [0.25, 0.3) is 22.6 Å². The number of anilines is 1. The van der Waals surface area contributed by atoms with E-state index in [1.54, 1.807) is 30.6 Å². The number of nitrogens with zero attached hydrogens (tertiary/aromatic N) is 2. The maximum atomic E-state index is 12.5. The van der Waals surface area contributed by atoms with Gasteiger partial charge in [0.25, 0.3) is 5.91 Å². The minimum absolute atomic E-state index is 0.146. The number of hydrogen-bond donors (Lipinski definition) is 1. The van der Waals surface area contributed by atoms with Gasteiger partial charge in [-0.15, -0.1) is 0 Å². The highest BCUT2D eigenvalue weighted by molar-refractivity contribution is 6.05. The normalized spacial score (nSPS) is 10.8. The molecule has 0 radical (unpaired) electrons. The standard InChI is InChI=1S/C21H17N3O2/c1-13-8-14(2)10-16(9-13)20(25)23-17-5-6-19-18(11-17)24-21(26-19)15-4-3-7-22-12-15/h3-12H,1-2H3,(H,23,25). The zero-order valence-corrected chi connectivity index (χ0v) is 14.5. The van der Waals surface area contributed by atoms with Crippen LogP contribution in [0.1, 0.15) is 21.5 Å². The Bertz CT molecular complexity index is 1080. The van der Waals surface area contributed by atoms with Gasteiger partial charge in [-0.05, 0) is 56.3 Å². The van der Waals surface area contributed by atoms with E-state index in [4.69, 9.17) is 4.42 Å². The lowest BCUT2D eigenvalue weighted by Crippen LogP contribution is -2.12. The van der Waals surface area contributed by atoms with Crippen LogP contribution in [0.15, 0.2) is 65.3 Å². The number of pyridine rings is 1.